The smallest absolute Gasteiger partial charge is 0.240 e. The number of nitrogens with zero attached hydrogens (tertiary/aromatic N) is 5. The van der Waals surface area contributed by atoms with Crippen molar-refractivity contribution < 1.29 is 4.52 Å². The molecule has 0 bridgehead atoms. The first-order chi connectivity index (χ1) is 11.2. The third-order valence-corrected chi connectivity index (χ3v) is 3.50. The van der Waals surface area contributed by atoms with E-state index < -0.39 is 0 Å². The first-order valence-electron chi connectivity index (χ1n) is 7.48. The molecule has 3 aromatic rings. The van der Waals surface area contributed by atoms with Crippen molar-refractivity contribution >= 4 is 24.8 Å². The maximum absolute atomic E-state index is 5.47. The van der Waals surface area contributed by atoms with Crippen LogP contribution in [0.25, 0.3) is 0 Å². The summed E-state index contributed by atoms with van der Waals surface area (Å²) in [6, 6.07) is 10.3. The van der Waals surface area contributed by atoms with Gasteiger partial charge in [-0.25, -0.2) is 4.98 Å². The van der Waals surface area contributed by atoms with E-state index in [4.69, 9.17) is 10.3 Å². The summed E-state index contributed by atoms with van der Waals surface area (Å²) < 4.78 is 7.17. The molecule has 136 valence electrons. The van der Waals surface area contributed by atoms with Crippen molar-refractivity contribution in [2.24, 2.45) is 5.73 Å². The Kier molecular flexibility index (Phi) is 8.57. The number of aromatic nitrogens is 4. The van der Waals surface area contributed by atoms with Crippen molar-refractivity contribution in [1.82, 2.24) is 24.6 Å². The van der Waals surface area contributed by atoms with Gasteiger partial charge in [0.25, 0.3) is 0 Å². The molecule has 0 radical (unpaired) electrons. The lowest BCUT2D eigenvalue weighted by atomic mass is 10.2. The fraction of sp³-hybridized carbons (Fsp3) is 0.312. The zero-order valence-electron chi connectivity index (χ0n) is 13.9. The standard InChI is InChI=1S/C16H20N6O.2ClH/c1-21(11-14-19-16(9-17)23-20-14)12-15-18-7-8-22(15)10-13-5-3-2-4-6-13;;/h2-8H,9-12,17H2,1H3;2*1H. The van der Waals surface area contributed by atoms with Crippen LogP contribution in [-0.4, -0.2) is 31.6 Å². The van der Waals surface area contributed by atoms with Gasteiger partial charge in [-0.05, 0) is 12.6 Å². The minimum atomic E-state index is 0. The van der Waals surface area contributed by atoms with E-state index >= 15 is 0 Å². The first kappa shape index (κ1) is 21.1. The highest BCUT2D eigenvalue weighted by atomic mass is 35.5. The highest BCUT2D eigenvalue weighted by Crippen LogP contribution is 2.09. The molecule has 7 nitrogen and oxygen atoms in total. The fourth-order valence-corrected chi connectivity index (χ4v) is 2.39. The number of benzene rings is 1. The lowest BCUT2D eigenvalue weighted by Gasteiger charge is -2.15. The first-order valence-corrected chi connectivity index (χ1v) is 7.48. The van der Waals surface area contributed by atoms with Gasteiger partial charge in [0.1, 0.15) is 5.82 Å². The van der Waals surface area contributed by atoms with Crippen LogP contribution in [0.5, 0.6) is 0 Å². The second-order valence-corrected chi connectivity index (χ2v) is 5.44. The van der Waals surface area contributed by atoms with Crippen molar-refractivity contribution in [1.29, 1.82) is 0 Å². The summed E-state index contributed by atoms with van der Waals surface area (Å²) in [4.78, 5) is 10.8. The molecular weight excluding hydrogens is 363 g/mol. The molecule has 0 amide bonds. The molecule has 0 saturated heterocycles. The monoisotopic (exact) mass is 384 g/mol. The van der Waals surface area contributed by atoms with E-state index in [0.29, 0.717) is 24.8 Å². The summed E-state index contributed by atoms with van der Waals surface area (Å²) >= 11 is 0. The van der Waals surface area contributed by atoms with E-state index in [9.17, 15) is 0 Å². The summed E-state index contributed by atoms with van der Waals surface area (Å²) in [5, 5.41) is 3.91. The van der Waals surface area contributed by atoms with Gasteiger partial charge in [-0.1, -0.05) is 35.5 Å². The highest BCUT2D eigenvalue weighted by Gasteiger charge is 2.11. The van der Waals surface area contributed by atoms with Crippen LogP contribution in [-0.2, 0) is 26.2 Å². The maximum atomic E-state index is 5.47. The molecule has 0 aliphatic rings. The predicted octanol–water partition coefficient (Wildman–Crippen LogP) is 2.25. The lowest BCUT2D eigenvalue weighted by Crippen LogP contribution is -2.21. The zero-order valence-corrected chi connectivity index (χ0v) is 15.5. The molecule has 25 heavy (non-hydrogen) atoms. The van der Waals surface area contributed by atoms with E-state index in [2.05, 4.69) is 36.7 Å². The number of imidazole rings is 1. The molecule has 3 rings (SSSR count). The third kappa shape index (κ3) is 5.82. The molecule has 0 atom stereocenters. The van der Waals surface area contributed by atoms with Crippen LogP contribution in [0.15, 0.2) is 47.2 Å². The van der Waals surface area contributed by atoms with Gasteiger partial charge < -0.3 is 14.8 Å². The Morgan fingerprint density at radius 1 is 1.16 bits per heavy atom. The molecule has 0 saturated carbocycles. The van der Waals surface area contributed by atoms with Crippen LogP contribution in [0, 0.1) is 0 Å². The van der Waals surface area contributed by atoms with Gasteiger partial charge in [0.05, 0.1) is 19.6 Å². The van der Waals surface area contributed by atoms with E-state index in [1.54, 1.807) is 0 Å². The third-order valence-electron chi connectivity index (χ3n) is 3.50. The molecule has 2 aromatic heterocycles. The molecule has 2 heterocycles. The van der Waals surface area contributed by atoms with Gasteiger partial charge in [0, 0.05) is 18.9 Å². The number of nitrogens with two attached hydrogens (primary N) is 1. The number of halogens is 2. The Labute approximate surface area is 159 Å². The lowest BCUT2D eigenvalue weighted by molar-refractivity contribution is 0.289. The maximum Gasteiger partial charge on any atom is 0.240 e. The van der Waals surface area contributed by atoms with E-state index in [1.165, 1.54) is 5.56 Å². The van der Waals surface area contributed by atoms with E-state index in [1.807, 2.05) is 37.6 Å². The van der Waals surface area contributed by atoms with Gasteiger partial charge in [0.2, 0.25) is 5.89 Å². The fourth-order valence-electron chi connectivity index (χ4n) is 2.39. The van der Waals surface area contributed by atoms with Crippen LogP contribution in [0.1, 0.15) is 23.1 Å². The quantitative estimate of drug-likeness (QED) is 0.672. The second kappa shape index (κ2) is 10.1. The summed E-state index contributed by atoms with van der Waals surface area (Å²) in [7, 11) is 2.00. The molecule has 0 unspecified atom stereocenters. The highest BCUT2D eigenvalue weighted by molar-refractivity contribution is 5.85. The Morgan fingerprint density at radius 3 is 2.60 bits per heavy atom. The number of rotatable bonds is 7. The van der Waals surface area contributed by atoms with Crippen molar-refractivity contribution in [3.05, 3.63) is 65.8 Å². The molecule has 1 aromatic carbocycles. The predicted molar refractivity (Wildman–Crippen MR) is 99.6 cm³/mol. The van der Waals surface area contributed by atoms with Crippen molar-refractivity contribution in [2.45, 2.75) is 26.2 Å². The Bertz CT molecular complexity index is 746. The van der Waals surface area contributed by atoms with Gasteiger partial charge in [-0.15, -0.1) is 24.8 Å². The molecule has 0 aliphatic heterocycles. The number of hydrogen-bond donors (Lipinski definition) is 1. The van der Waals surface area contributed by atoms with E-state index in [-0.39, 0.29) is 31.4 Å². The molecule has 0 spiro atoms. The van der Waals surface area contributed by atoms with Gasteiger partial charge in [-0.2, -0.15) is 4.98 Å². The Hall–Kier alpha value is -1.93. The summed E-state index contributed by atoms with van der Waals surface area (Å²) in [6.07, 6.45) is 3.82. The number of hydrogen-bond acceptors (Lipinski definition) is 6. The van der Waals surface area contributed by atoms with Crippen LogP contribution in [0.4, 0.5) is 0 Å². The normalized spacial score (nSPS) is 10.4. The summed E-state index contributed by atoms with van der Waals surface area (Å²) in [5.74, 6) is 2.09. The van der Waals surface area contributed by atoms with Gasteiger partial charge in [-0.3, -0.25) is 4.90 Å². The van der Waals surface area contributed by atoms with Gasteiger partial charge in [0.15, 0.2) is 5.82 Å². The Balaban J connectivity index is 0.00000156. The van der Waals surface area contributed by atoms with Crippen molar-refractivity contribution in [2.75, 3.05) is 7.05 Å². The van der Waals surface area contributed by atoms with Gasteiger partial charge >= 0.3 is 0 Å². The average molecular weight is 385 g/mol. The van der Waals surface area contributed by atoms with Crippen molar-refractivity contribution in [3.63, 3.8) is 0 Å². The minimum absolute atomic E-state index is 0. The van der Waals surface area contributed by atoms with Crippen LogP contribution >= 0.6 is 24.8 Å². The molecule has 9 heteroatoms. The minimum Gasteiger partial charge on any atom is -0.338 e. The molecule has 0 aliphatic carbocycles. The zero-order chi connectivity index (χ0) is 16.1. The van der Waals surface area contributed by atoms with Crippen LogP contribution in [0.2, 0.25) is 0 Å². The molecule has 2 N–H and O–H groups in total. The SMILES string of the molecule is CN(Cc1noc(CN)n1)Cc1nccn1Cc1ccccc1.Cl.Cl. The topological polar surface area (TPSA) is 86.0 Å². The van der Waals surface area contributed by atoms with Crippen LogP contribution < -0.4 is 5.73 Å². The summed E-state index contributed by atoms with van der Waals surface area (Å²) in [5.41, 5.74) is 6.72. The molecule has 0 fully saturated rings. The van der Waals surface area contributed by atoms with E-state index in [0.717, 1.165) is 12.4 Å². The largest absolute Gasteiger partial charge is 0.338 e. The average Bonchev–Trinajstić information content (AvgIpc) is 3.18. The second-order valence-electron chi connectivity index (χ2n) is 5.44. The van der Waals surface area contributed by atoms with Crippen molar-refractivity contribution in [3.8, 4) is 0 Å². The Morgan fingerprint density at radius 2 is 1.92 bits per heavy atom. The van der Waals surface area contributed by atoms with Crippen LogP contribution in [0.3, 0.4) is 0 Å². The summed E-state index contributed by atoms with van der Waals surface area (Å²) in [6.45, 7) is 2.36. The molecular formula is C16H22Cl2N6O.